The van der Waals surface area contributed by atoms with Gasteiger partial charge < -0.3 is 10.1 Å². The number of carbonyl (C=O) groups is 1. The number of amides is 1. The number of rotatable bonds is 8. The molecule has 1 aromatic carbocycles. The van der Waals surface area contributed by atoms with Crippen LogP contribution in [0.1, 0.15) is 31.2 Å². The van der Waals surface area contributed by atoms with Crippen LogP contribution in [-0.2, 0) is 14.8 Å². The van der Waals surface area contributed by atoms with Crippen molar-refractivity contribution in [2.24, 2.45) is 0 Å². The predicted octanol–water partition coefficient (Wildman–Crippen LogP) is 2.66. The van der Waals surface area contributed by atoms with Crippen molar-refractivity contribution in [3.05, 3.63) is 35.7 Å². The summed E-state index contributed by atoms with van der Waals surface area (Å²) in [6.07, 6.45) is 1.67. The molecule has 3 heterocycles. The lowest BCUT2D eigenvalue weighted by molar-refractivity contribution is -0.113. The van der Waals surface area contributed by atoms with Gasteiger partial charge in [0, 0.05) is 30.2 Å². The Labute approximate surface area is 196 Å². The fraction of sp³-hybridized carbons (Fsp3) is 0.429. The molecule has 0 radical (unpaired) electrons. The molecule has 0 saturated carbocycles. The van der Waals surface area contributed by atoms with Gasteiger partial charge in [-0.2, -0.15) is 4.31 Å². The predicted molar refractivity (Wildman–Crippen MR) is 125 cm³/mol. The molecule has 10 nitrogen and oxygen atoms in total. The zero-order chi connectivity index (χ0) is 23.6. The van der Waals surface area contributed by atoms with Crippen LogP contribution in [0, 0.1) is 13.8 Å². The van der Waals surface area contributed by atoms with E-state index in [9.17, 15) is 13.2 Å². The molecule has 0 atom stereocenters. The molecule has 176 valence electrons. The van der Waals surface area contributed by atoms with E-state index in [1.165, 1.54) is 22.1 Å². The molecular formula is C21H26N6O4S2. The van der Waals surface area contributed by atoms with E-state index in [-0.39, 0.29) is 22.3 Å². The van der Waals surface area contributed by atoms with E-state index in [2.05, 4.69) is 20.5 Å². The van der Waals surface area contributed by atoms with Crippen LogP contribution in [-0.4, -0.2) is 63.7 Å². The van der Waals surface area contributed by atoms with E-state index >= 15 is 0 Å². The Morgan fingerprint density at radius 3 is 2.67 bits per heavy atom. The molecule has 1 saturated heterocycles. The zero-order valence-electron chi connectivity index (χ0n) is 18.7. The third kappa shape index (κ3) is 4.97. The summed E-state index contributed by atoms with van der Waals surface area (Å²) in [6.45, 7) is 6.92. The molecule has 0 aliphatic carbocycles. The lowest BCUT2D eigenvalue weighted by Crippen LogP contribution is -2.28. The highest BCUT2D eigenvalue weighted by Gasteiger charge is 2.30. The molecule has 33 heavy (non-hydrogen) atoms. The number of anilines is 1. The number of benzene rings is 1. The number of fused-ring (bicyclic) bond motifs is 1. The number of nitrogens with one attached hydrogen (secondary N) is 1. The van der Waals surface area contributed by atoms with Crippen LogP contribution in [0.4, 0.5) is 5.69 Å². The van der Waals surface area contributed by atoms with Gasteiger partial charge in [-0.1, -0.05) is 11.8 Å². The number of sulfonamides is 1. The van der Waals surface area contributed by atoms with Crippen LogP contribution in [0.15, 0.2) is 34.3 Å². The SMILES string of the molecule is CCOc1ccc(NC(=O)CSc2nnc3nc(C)cc(C)n23)cc1S(=O)(=O)N1CCCC1. The molecule has 1 amide bonds. The van der Waals surface area contributed by atoms with Gasteiger partial charge in [0.1, 0.15) is 10.6 Å². The van der Waals surface area contributed by atoms with Crippen molar-refractivity contribution < 1.29 is 17.9 Å². The maximum Gasteiger partial charge on any atom is 0.256 e. The maximum absolute atomic E-state index is 13.1. The van der Waals surface area contributed by atoms with E-state index < -0.39 is 10.0 Å². The minimum absolute atomic E-state index is 0.0669. The van der Waals surface area contributed by atoms with Crippen LogP contribution in [0.5, 0.6) is 5.75 Å². The Morgan fingerprint density at radius 2 is 1.94 bits per heavy atom. The summed E-state index contributed by atoms with van der Waals surface area (Å²) in [5.74, 6) is 0.557. The summed E-state index contributed by atoms with van der Waals surface area (Å²) in [5.41, 5.74) is 2.16. The summed E-state index contributed by atoms with van der Waals surface area (Å²) in [6, 6.07) is 6.60. The van der Waals surface area contributed by atoms with Gasteiger partial charge in [-0.3, -0.25) is 9.20 Å². The van der Waals surface area contributed by atoms with Crippen LogP contribution in [0.25, 0.3) is 5.78 Å². The number of hydrogen-bond acceptors (Lipinski definition) is 8. The van der Waals surface area contributed by atoms with Gasteiger partial charge in [-0.05, 0) is 57.9 Å². The average molecular weight is 491 g/mol. The smallest absolute Gasteiger partial charge is 0.256 e. The van der Waals surface area contributed by atoms with Gasteiger partial charge in [0.15, 0.2) is 5.16 Å². The number of aryl methyl sites for hydroxylation is 2. The lowest BCUT2D eigenvalue weighted by atomic mass is 10.3. The van der Waals surface area contributed by atoms with Crippen molar-refractivity contribution in [3.63, 3.8) is 0 Å². The second-order valence-corrected chi connectivity index (χ2v) is 10.5. The first kappa shape index (κ1) is 23.5. The van der Waals surface area contributed by atoms with Crippen molar-refractivity contribution in [1.82, 2.24) is 23.9 Å². The molecule has 1 fully saturated rings. The minimum Gasteiger partial charge on any atom is -0.492 e. The first-order valence-corrected chi connectivity index (χ1v) is 13.1. The summed E-state index contributed by atoms with van der Waals surface area (Å²) in [7, 11) is -3.71. The second kappa shape index (κ2) is 9.65. The molecule has 4 rings (SSSR count). The van der Waals surface area contributed by atoms with E-state index in [4.69, 9.17) is 4.74 Å². The van der Waals surface area contributed by atoms with Crippen molar-refractivity contribution >= 4 is 39.2 Å². The summed E-state index contributed by atoms with van der Waals surface area (Å²) >= 11 is 1.23. The van der Waals surface area contributed by atoms with Gasteiger partial charge in [-0.15, -0.1) is 10.2 Å². The van der Waals surface area contributed by atoms with Crippen LogP contribution in [0.2, 0.25) is 0 Å². The number of thioether (sulfide) groups is 1. The molecule has 1 N–H and O–H groups in total. The number of nitrogens with zero attached hydrogens (tertiary/aromatic N) is 5. The van der Waals surface area contributed by atoms with Crippen LogP contribution in [0.3, 0.4) is 0 Å². The van der Waals surface area contributed by atoms with E-state index in [0.717, 1.165) is 24.2 Å². The highest BCUT2D eigenvalue weighted by Crippen LogP contribution is 2.32. The number of carbonyl (C=O) groups excluding carboxylic acids is 1. The fourth-order valence-electron chi connectivity index (χ4n) is 3.75. The van der Waals surface area contributed by atoms with Crippen molar-refractivity contribution in [3.8, 4) is 5.75 Å². The monoisotopic (exact) mass is 490 g/mol. The normalized spacial score (nSPS) is 14.6. The molecule has 0 unspecified atom stereocenters. The maximum atomic E-state index is 13.1. The fourth-order valence-corrected chi connectivity index (χ4v) is 6.21. The first-order chi connectivity index (χ1) is 15.8. The minimum atomic E-state index is -3.71. The molecule has 3 aromatic rings. The van der Waals surface area contributed by atoms with Crippen molar-refractivity contribution in [2.75, 3.05) is 30.8 Å². The summed E-state index contributed by atoms with van der Waals surface area (Å²) in [4.78, 5) is 17.0. The quantitative estimate of drug-likeness (QED) is 0.479. The lowest BCUT2D eigenvalue weighted by Gasteiger charge is -2.19. The summed E-state index contributed by atoms with van der Waals surface area (Å²) < 4.78 is 35.1. The third-order valence-corrected chi connectivity index (χ3v) is 8.05. The first-order valence-electron chi connectivity index (χ1n) is 10.7. The Morgan fingerprint density at radius 1 is 1.18 bits per heavy atom. The van der Waals surface area contributed by atoms with Crippen LogP contribution >= 0.6 is 11.8 Å². The van der Waals surface area contributed by atoms with Crippen molar-refractivity contribution in [2.45, 2.75) is 43.7 Å². The van der Waals surface area contributed by atoms with Gasteiger partial charge in [0.2, 0.25) is 15.9 Å². The molecule has 0 bridgehead atoms. The number of aromatic nitrogens is 4. The Balaban J connectivity index is 1.50. The second-order valence-electron chi connectivity index (χ2n) is 7.70. The van der Waals surface area contributed by atoms with E-state index in [1.54, 1.807) is 23.5 Å². The molecular weight excluding hydrogens is 464 g/mol. The Kier molecular flexibility index (Phi) is 6.86. The molecule has 1 aliphatic heterocycles. The highest BCUT2D eigenvalue weighted by molar-refractivity contribution is 7.99. The van der Waals surface area contributed by atoms with Crippen LogP contribution < -0.4 is 10.1 Å². The van der Waals surface area contributed by atoms with Gasteiger partial charge in [0.05, 0.1) is 12.4 Å². The summed E-state index contributed by atoms with van der Waals surface area (Å²) in [5, 5.41) is 11.5. The topological polar surface area (TPSA) is 119 Å². The highest BCUT2D eigenvalue weighted by atomic mass is 32.2. The van der Waals surface area contributed by atoms with Gasteiger partial charge in [-0.25, -0.2) is 13.4 Å². The number of hydrogen-bond donors (Lipinski definition) is 1. The molecule has 2 aromatic heterocycles. The molecule has 12 heteroatoms. The van der Waals surface area contributed by atoms with Gasteiger partial charge in [0.25, 0.3) is 5.78 Å². The van der Waals surface area contributed by atoms with Gasteiger partial charge >= 0.3 is 0 Å². The Hall–Kier alpha value is -2.70. The third-order valence-electron chi connectivity index (χ3n) is 5.21. The molecule has 1 aliphatic rings. The van der Waals surface area contributed by atoms with E-state index in [1.807, 2.05) is 19.9 Å². The largest absolute Gasteiger partial charge is 0.492 e. The average Bonchev–Trinajstić information content (AvgIpc) is 3.44. The van der Waals surface area contributed by atoms with Crippen molar-refractivity contribution in [1.29, 1.82) is 0 Å². The van der Waals surface area contributed by atoms with E-state index in [0.29, 0.717) is 36.3 Å². The zero-order valence-corrected chi connectivity index (χ0v) is 20.4. The Bertz CT molecular complexity index is 1290. The number of ether oxygens (including phenoxy) is 1. The standard InChI is InChI=1S/C21H26N6O4S2/c1-4-31-17-8-7-16(12-18(17)33(29,30)26-9-5-6-10-26)23-19(28)13-32-21-25-24-20-22-14(2)11-15(3)27(20)21/h7-8,11-12H,4-6,9-10,13H2,1-3H3,(H,23,28). The molecule has 0 spiro atoms.